The van der Waals surface area contributed by atoms with Gasteiger partial charge in [-0.15, -0.1) is 13.2 Å². The van der Waals surface area contributed by atoms with E-state index in [1.54, 1.807) is 40.2 Å². The van der Waals surface area contributed by atoms with E-state index in [1.807, 2.05) is 6.92 Å². The summed E-state index contributed by atoms with van der Waals surface area (Å²) in [5.41, 5.74) is 0. The Morgan fingerprint density at radius 2 is 2.12 bits per heavy atom. The summed E-state index contributed by atoms with van der Waals surface area (Å²) in [5, 5.41) is 4.06. The number of amides is 1. The summed E-state index contributed by atoms with van der Waals surface area (Å²) in [4.78, 5) is 13.8. The van der Waals surface area contributed by atoms with Gasteiger partial charge in [0.15, 0.2) is 0 Å². The van der Waals surface area contributed by atoms with Crippen LogP contribution in [0.1, 0.15) is 13.0 Å². The Kier molecular flexibility index (Phi) is 4.51. The minimum atomic E-state index is -0.296. The van der Waals surface area contributed by atoms with Crippen LogP contribution in [-0.4, -0.2) is 33.7 Å². The van der Waals surface area contributed by atoms with Gasteiger partial charge >= 0.3 is 0 Å². The predicted molar refractivity (Wildman–Crippen MR) is 63.9 cm³/mol. The lowest BCUT2D eigenvalue weighted by molar-refractivity contribution is -0.133. The molecule has 0 bridgehead atoms. The first-order valence-corrected chi connectivity index (χ1v) is 5.20. The van der Waals surface area contributed by atoms with Gasteiger partial charge < -0.3 is 4.90 Å². The molecule has 86 valence electrons. The van der Waals surface area contributed by atoms with Crippen molar-refractivity contribution >= 4 is 5.91 Å². The molecule has 0 aliphatic carbocycles. The number of aromatic nitrogens is 2. The van der Waals surface area contributed by atoms with Gasteiger partial charge in [0.25, 0.3) is 0 Å². The SMILES string of the molecule is C=CCN(CC=C)C(=O)C(C)n1cccn1. The third-order valence-corrected chi connectivity index (χ3v) is 2.29. The van der Waals surface area contributed by atoms with Crippen LogP contribution in [0, 0.1) is 0 Å². The molecule has 0 aromatic carbocycles. The second-order valence-corrected chi connectivity index (χ2v) is 3.48. The Labute approximate surface area is 95.9 Å². The maximum atomic E-state index is 12.1. The van der Waals surface area contributed by atoms with E-state index >= 15 is 0 Å². The zero-order valence-corrected chi connectivity index (χ0v) is 9.54. The summed E-state index contributed by atoms with van der Waals surface area (Å²) >= 11 is 0. The molecule has 0 fully saturated rings. The quantitative estimate of drug-likeness (QED) is 0.682. The largest absolute Gasteiger partial charge is 0.333 e. The van der Waals surface area contributed by atoms with Gasteiger partial charge in [0.05, 0.1) is 0 Å². The van der Waals surface area contributed by atoms with E-state index in [1.165, 1.54) is 0 Å². The molecule has 16 heavy (non-hydrogen) atoms. The van der Waals surface area contributed by atoms with Crippen LogP contribution in [0.5, 0.6) is 0 Å². The van der Waals surface area contributed by atoms with Crippen molar-refractivity contribution in [2.24, 2.45) is 0 Å². The lowest BCUT2D eigenvalue weighted by Gasteiger charge is -2.23. The van der Waals surface area contributed by atoms with Crippen LogP contribution >= 0.6 is 0 Å². The van der Waals surface area contributed by atoms with Crippen molar-refractivity contribution in [1.29, 1.82) is 0 Å². The van der Waals surface area contributed by atoms with E-state index in [4.69, 9.17) is 0 Å². The number of hydrogen-bond donors (Lipinski definition) is 0. The lowest BCUT2D eigenvalue weighted by atomic mass is 10.3. The molecule has 1 aromatic heterocycles. The number of hydrogen-bond acceptors (Lipinski definition) is 2. The molecule has 1 aromatic rings. The molecule has 0 aliphatic rings. The molecule has 1 heterocycles. The van der Waals surface area contributed by atoms with Crippen molar-refractivity contribution in [2.45, 2.75) is 13.0 Å². The molecule has 0 saturated heterocycles. The van der Waals surface area contributed by atoms with E-state index in [0.717, 1.165) is 0 Å². The van der Waals surface area contributed by atoms with Gasteiger partial charge in [0.2, 0.25) is 5.91 Å². The highest BCUT2D eigenvalue weighted by Crippen LogP contribution is 2.08. The minimum Gasteiger partial charge on any atom is -0.333 e. The van der Waals surface area contributed by atoms with Crippen LogP contribution in [-0.2, 0) is 4.79 Å². The minimum absolute atomic E-state index is 0.0171. The van der Waals surface area contributed by atoms with Crippen LogP contribution in [0.25, 0.3) is 0 Å². The molecule has 1 unspecified atom stereocenters. The number of rotatable bonds is 6. The molecule has 0 radical (unpaired) electrons. The van der Waals surface area contributed by atoms with E-state index in [2.05, 4.69) is 18.3 Å². The molecule has 1 rings (SSSR count). The van der Waals surface area contributed by atoms with Crippen LogP contribution in [0.4, 0.5) is 0 Å². The van der Waals surface area contributed by atoms with Crippen molar-refractivity contribution < 1.29 is 4.79 Å². The summed E-state index contributed by atoms with van der Waals surface area (Å²) in [7, 11) is 0. The average molecular weight is 219 g/mol. The highest BCUT2D eigenvalue weighted by atomic mass is 16.2. The van der Waals surface area contributed by atoms with Crippen LogP contribution in [0.3, 0.4) is 0 Å². The summed E-state index contributed by atoms with van der Waals surface area (Å²) in [5.74, 6) is 0.0171. The summed E-state index contributed by atoms with van der Waals surface area (Å²) in [6.45, 7) is 10.1. The van der Waals surface area contributed by atoms with E-state index in [9.17, 15) is 4.79 Å². The second kappa shape index (κ2) is 5.90. The maximum absolute atomic E-state index is 12.1. The molecule has 4 heteroatoms. The fourth-order valence-corrected chi connectivity index (χ4v) is 1.45. The normalized spacial score (nSPS) is 11.8. The first-order chi connectivity index (χ1) is 7.70. The number of carbonyl (C=O) groups excluding carboxylic acids is 1. The molecule has 4 nitrogen and oxygen atoms in total. The van der Waals surface area contributed by atoms with Gasteiger partial charge in [0.1, 0.15) is 6.04 Å². The molecule has 0 N–H and O–H groups in total. The van der Waals surface area contributed by atoms with Crippen molar-refractivity contribution in [1.82, 2.24) is 14.7 Å². The Bertz CT molecular complexity index is 346. The van der Waals surface area contributed by atoms with Crippen molar-refractivity contribution in [3.63, 3.8) is 0 Å². The third-order valence-electron chi connectivity index (χ3n) is 2.29. The fourth-order valence-electron chi connectivity index (χ4n) is 1.45. The van der Waals surface area contributed by atoms with E-state index in [0.29, 0.717) is 13.1 Å². The Morgan fingerprint density at radius 1 is 1.50 bits per heavy atom. The van der Waals surface area contributed by atoms with Gasteiger partial charge in [-0.3, -0.25) is 9.48 Å². The fraction of sp³-hybridized carbons (Fsp3) is 0.333. The standard InChI is InChI=1S/C12H17N3O/c1-4-8-14(9-5-2)12(16)11(3)15-10-6-7-13-15/h4-7,10-11H,1-2,8-9H2,3H3. The van der Waals surface area contributed by atoms with Gasteiger partial charge in [0, 0.05) is 25.5 Å². The molecule has 1 amide bonds. The maximum Gasteiger partial charge on any atom is 0.247 e. The first-order valence-electron chi connectivity index (χ1n) is 5.20. The first kappa shape index (κ1) is 12.2. The van der Waals surface area contributed by atoms with Crippen LogP contribution in [0.2, 0.25) is 0 Å². The third kappa shape index (κ3) is 2.82. The Balaban J connectivity index is 2.73. The Hall–Kier alpha value is -1.84. The van der Waals surface area contributed by atoms with Crippen LogP contribution in [0.15, 0.2) is 43.8 Å². The lowest BCUT2D eigenvalue weighted by Crippen LogP contribution is -2.36. The molecule has 0 saturated carbocycles. The van der Waals surface area contributed by atoms with Gasteiger partial charge in [-0.2, -0.15) is 5.10 Å². The predicted octanol–water partition coefficient (Wildman–Crippen LogP) is 1.64. The number of nitrogens with zero attached hydrogens (tertiary/aromatic N) is 3. The summed E-state index contributed by atoms with van der Waals surface area (Å²) < 4.78 is 1.64. The monoisotopic (exact) mass is 219 g/mol. The highest BCUT2D eigenvalue weighted by molar-refractivity contribution is 5.80. The van der Waals surface area contributed by atoms with Gasteiger partial charge in [-0.05, 0) is 13.0 Å². The molecule has 0 spiro atoms. The van der Waals surface area contributed by atoms with Crippen molar-refractivity contribution in [2.75, 3.05) is 13.1 Å². The van der Waals surface area contributed by atoms with Crippen molar-refractivity contribution in [3.05, 3.63) is 43.8 Å². The zero-order valence-electron chi connectivity index (χ0n) is 9.54. The summed E-state index contributed by atoms with van der Waals surface area (Å²) in [6.07, 6.45) is 6.85. The topological polar surface area (TPSA) is 38.1 Å². The molecular weight excluding hydrogens is 202 g/mol. The highest BCUT2D eigenvalue weighted by Gasteiger charge is 2.20. The smallest absolute Gasteiger partial charge is 0.247 e. The van der Waals surface area contributed by atoms with Gasteiger partial charge in [-0.25, -0.2) is 0 Å². The van der Waals surface area contributed by atoms with Gasteiger partial charge in [-0.1, -0.05) is 12.2 Å². The van der Waals surface area contributed by atoms with E-state index in [-0.39, 0.29) is 11.9 Å². The Morgan fingerprint density at radius 3 is 2.56 bits per heavy atom. The van der Waals surface area contributed by atoms with Crippen LogP contribution < -0.4 is 0 Å². The molecular formula is C12H17N3O. The molecule has 1 atom stereocenters. The average Bonchev–Trinajstić information content (AvgIpc) is 2.80. The second-order valence-electron chi connectivity index (χ2n) is 3.48. The number of carbonyl (C=O) groups is 1. The van der Waals surface area contributed by atoms with Crippen molar-refractivity contribution in [3.8, 4) is 0 Å². The zero-order chi connectivity index (χ0) is 12.0. The summed E-state index contributed by atoms with van der Waals surface area (Å²) in [6, 6.07) is 1.50. The molecule has 0 aliphatic heterocycles. The van der Waals surface area contributed by atoms with E-state index < -0.39 is 0 Å².